The van der Waals surface area contributed by atoms with Crippen molar-refractivity contribution in [3.63, 3.8) is 0 Å². The van der Waals surface area contributed by atoms with Crippen LogP contribution in [0.3, 0.4) is 0 Å². The fraction of sp³-hybridized carbons (Fsp3) is 0. The van der Waals surface area contributed by atoms with E-state index in [0.29, 0.717) is 16.7 Å². The van der Waals surface area contributed by atoms with Gasteiger partial charge < -0.3 is 9.90 Å². The van der Waals surface area contributed by atoms with Crippen LogP contribution in [0.15, 0.2) is 24.3 Å². The number of halogens is 2. The van der Waals surface area contributed by atoms with Gasteiger partial charge >= 0.3 is 51.4 Å². The van der Waals surface area contributed by atoms with Crippen molar-refractivity contribution in [1.29, 1.82) is 5.26 Å². The zero-order valence-corrected chi connectivity index (χ0v) is 13.0. The molecule has 6 heteroatoms. The van der Waals surface area contributed by atoms with E-state index in [4.69, 9.17) is 28.5 Å². The molecule has 0 saturated heterocycles. The Morgan fingerprint density at radius 2 is 2.00 bits per heavy atom. The third kappa shape index (κ3) is 4.56. The summed E-state index contributed by atoms with van der Waals surface area (Å²) in [6.45, 7) is 0. The van der Waals surface area contributed by atoms with Gasteiger partial charge in [-0.2, -0.15) is 5.26 Å². The van der Waals surface area contributed by atoms with Gasteiger partial charge in [0.25, 0.3) is 0 Å². The van der Waals surface area contributed by atoms with E-state index in [1.165, 1.54) is 18.2 Å². The molecule has 3 nitrogen and oxygen atoms in total. The van der Waals surface area contributed by atoms with E-state index in [-0.39, 0.29) is 62.0 Å². The number of nitriles is 1. The normalized spacial score (nSPS) is 10.2. The van der Waals surface area contributed by atoms with Crippen LogP contribution in [0.1, 0.15) is 5.56 Å². The Morgan fingerprint density at radius 3 is 2.44 bits per heavy atom. The molecule has 0 bridgehead atoms. The van der Waals surface area contributed by atoms with Crippen LogP contribution in [-0.2, 0) is 4.79 Å². The summed E-state index contributed by atoms with van der Waals surface area (Å²) in [5.74, 6) is -1.43. The van der Waals surface area contributed by atoms with Crippen molar-refractivity contribution in [3.8, 4) is 6.07 Å². The predicted octanol–water partition coefficient (Wildman–Crippen LogP) is -1.35. The Labute approximate surface area is 145 Å². The number of carbonyl (C=O) groups excluding carboxylic acids is 1. The van der Waals surface area contributed by atoms with Gasteiger partial charge in [0.2, 0.25) is 0 Å². The van der Waals surface area contributed by atoms with Crippen molar-refractivity contribution in [2.75, 3.05) is 0 Å². The molecule has 0 amide bonds. The van der Waals surface area contributed by atoms with Gasteiger partial charge in [-0.1, -0.05) is 29.3 Å². The quantitative estimate of drug-likeness (QED) is 0.382. The van der Waals surface area contributed by atoms with Crippen LogP contribution in [0.5, 0.6) is 0 Å². The zero-order chi connectivity index (χ0) is 11.4. The summed E-state index contributed by atoms with van der Waals surface area (Å²) in [6, 6.07) is 6.15. The Bertz CT molecular complexity index is 480. The van der Waals surface area contributed by atoms with Gasteiger partial charge in [-0.3, -0.25) is 0 Å². The van der Waals surface area contributed by atoms with E-state index >= 15 is 0 Å². The number of nitrogens with zero attached hydrogens (tertiary/aromatic N) is 1. The van der Waals surface area contributed by atoms with Crippen molar-refractivity contribution in [2.45, 2.75) is 0 Å². The molecule has 0 fully saturated rings. The SMILES string of the molecule is N#C/C(=C\C(=O)[O-])c1ccc(Cl)c(Cl)c1.[K+]. The number of carbonyl (C=O) groups is 1. The Kier molecular flexibility index (Phi) is 7.52. The van der Waals surface area contributed by atoms with Crippen molar-refractivity contribution in [3.05, 3.63) is 39.9 Å². The first kappa shape index (κ1) is 16.1. The summed E-state index contributed by atoms with van der Waals surface area (Å²) in [5.41, 5.74) is 0.352. The van der Waals surface area contributed by atoms with Crippen LogP contribution < -0.4 is 56.5 Å². The molecular formula is C10H4Cl2KNO2. The van der Waals surface area contributed by atoms with E-state index < -0.39 is 5.97 Å². The van der Waals surface area contributed by atoms with Crippen LogP contribution in [-0.4, -0.2) is 5.97 Å². The fourth-order valence-corrected chi connectivity index (χ4v) is 1.26. The number of hydrogen-bond donors (Lipinski definition) is 0. The molecule has 0 heterocycles. The summed E-state index contributed by atoms with van der Waals surface area (Å²) in [7, 11) is 0. The van der Waals surface area contributed by atoms with Crippen molar-refractivity contribution in [1.82, 2.24) is 0 Å². The second kappa shape index (κ2) is 7.46. The molecule has 0 radical (unpaired) electrons. The molecule has 0 aromatic heterocycles. The Hall–Kier alpha value is 0.136. The van der Waals surface area contributed by atoms with Gasteiger partial charge in [-0.25, -0.2) is 0 Å². The third-order valence-electron chi connectivity index (χ3n) is 1.61. The molecule has 1 rings (SSSR count). The number of rotatable bonds is 2. The number of carboxylic acid groups (broad SMARTS) is 1. The van der Waals surface area contributed by atoms with Crippen LogP contribution in [0, 0.1) is 11.3 Å². The van der Waals surface area contributed by atoms with Crippen LogP contribution in [0.2, 0.25) is 10.0 Å². The maximum atomic E-state index is 10.3. The van der Waals surface area contributed by atoms with Gasteiger partial charge in [-0.15, -0.1) is 0 Å². The average Bonchev–Trinajstić information content (AvgIpc) is 2.18. The minimum atomic E-state index is -1.43. The minimum absolute atomic E-state index is 0. The van der Waals surface area contributed by atoms with E-state index in [1.54, 1.807) is 6.07 Å². The summed E-state index contributed by atoms with van der Waals surface area (Å²) in [5, 5.41) is 19.6. The second-order valence-electron chi connectivity index (χ2n) is 2.62. The van der Waals surface area contributed by atoms with Gasteiger partial charge in [-0.05, 0) is 23.8 Å². The van der Waals surface area contributed by atoms with E-state index in [0.717, 1.165) is 0 Å². The van der Waals surface area contributed by atoms with E-state index in [1.807, 2.05) is 0 Å². The minimum Gasteiger partial charge on any atom is -0.545 e. The zero-order valence-electron chi connectivity index (χ0n) is 8.33. The van der Waals surface area contributed by atoms with Crippen LogP contribution >= 0.6 is 23.2 Å². The van der Waals surface area contributed by atoms with Crippen molar-refractivity contribution >= 4 is 34.7 Å². The molecule has 0 spiro atoms. The maximum absolute atomic E-state index is 10.3. The maximum Gasteiger partial charge on any atom is 1.00 e. The molecule has 0 saturated carbocycles. The predicted molar refractivity (Wildman–Crippen MR) is 55.1 cm³/mol. The third-order valence-corrected chi connectivity index (χ3v) is 2.35. The molecular weight excluding hydrogens is 276 g/mol. The van der Waals surface area contributed by atoms with E-state index in [9.17, 15) is 9.90 Å². The van der Waals surface area contributed by atoms with Crippen LogP contribution in [0.4, 0.5) is 0 Å². The Balaban J connectivity index is 0.00000225. The molecule has 76 valence electrons. The molecule has 0 unspecified atom stereocenters. The Morgan fingerprint density at radius 1 is 1.38 bits per heavy atom. The van der Waals surface area contributed by atoms with Crippen molar-refractivity contribution < 1.29 is 61.3 Å². The van der Waals surface area contributed by atoms with Crippen molar-refractivity contribution in [2.24, 2.45) is 0 Å². The van der Waals surface area contributed by atoms with E-state index in [2.05, 4.69) is 0 Å². The molecule has 0 aliphatic heterocycles. The first-order valence-electron chi connectivity index (χ1n) is 3.83. The largest absolute Gasteiger partial charge is 1.00 e. The smallest absolute Gasteiger partial charge is 0.545 e. The summed E-state index contributed by atoms with van der Waals surface area (Å²) >= 11 is 11.4. The number of benzene rings is 1. The van der Waals surface area contributed by atoms with Gasteiger partial charge in [0, 0.05) is 0 Å². The summed E-state index contributed by atoms with van der Waals surface area (Å²) < 4.78 is 0. The summed E-state index contributed by atoms with van der Waals surface area (Å²) in [4.78, 5) is 10.3. The van der Waals surface area contributed by atoms with Gasteiger partial charge in [0.05, 0.1) is 27.7 Å². The van der Waals surface area contributed by atoms with Gasteiger partial charge in [0.1, 0.15) is 0 Å². The molecule has 16 heavy (non-hydrogen) atoms. The summed E-state index contributed by atoms with van der Waals surface area (Å²) in [6.07, 6.45) is 0.708. The number of carboxylic acids is 1. The molecule has 0 aliphatic carbocycles. The van der Waals surface area contributed by atoms with Gasteiger partial charge in [0.15, 0.2) is 0 Å². The molecule has 1 aromatic carbocycles. The molecule has 1 aromatic rings. The number of allylic oxidation sites excluding steroid dienone is 1. The molecule has 0 aliphatic rings. The first-order chi connectivity index (χ1) is 7.04. The topological polar surface area (TPSA) is 63.9 Å². The molecule has 0 atom stereocenters. The first-order valence-corrected chi connectivity index (χ1v) is 4.58. The monoisotopic (exact) mass is 279 g/mol. The second-order valence-corrected chi connectivity index (χ2v) is 3.43. The molecule has 0 N–H and O–H groups in total. The standard InChI is InChI=1S/C10H5Cl2NO2.K/c11-8-2-1-6(3-9(8)12)7(5-13)4-10(14)15;/h1-4H,(H,14,15);/q;+1/p-1/b7-4+;. The fourth-order valence-electron chi connectivity index (χ4n) is 0.962. The van der Waals surface area contributed by atoms with Crippen LogP contribution in [0.25, 0.3) is 5.57 Å². The average molecular weight is 280 g/mol. The number of aliphatic carboxylic acids is 1. The number of hydrogen-bond acceptors (Lipinski definition) is 3.